The lowest BCUT2D eigenvalue weighted by atomic mass is 9.89. The van der Waals surface area contributed by atoms with Crippen LogP contribution in [0, 0.1) is 5.92 Å². The molecule has 1 aliphatic heterocycles. The first kappa shape index (κ1) is 9.59. The van der Waals surface area contributed by atoms with Crippen LogP contribution in [0.2, 0.25) is 0 Å². The zero-order valence-electron chi connectivity index (χ0n) is 9.01. The molecule has 1 aliphatic rings. The molecular weight excluding hydrogens is 206 g/mol. The second-order valence-corrected chi connectivity index (χ2v) is 4.18. The fourth-order valence-corrected chi connectivity index (χ4v) is 1.80. The molecule has 2 aromatic rings. The lowest BCUT2D eigenvalue weighted by Crippen LogP contribution is -2.44. The maximum atomic E-state index is 5.28. The van der Waals surface area contributed by atoms with Gasteiger partial charge >= 0.3 is 0 Å². The van der Waals surface area contributed by atoms with Crippen molar-refractivity contribution in [1.29, 1.82) is 0 Å². The van der Waals surface area contributed by atoms with Gasteiger partial charge in [0.1, 0.15) is 6.26 Å². The van der Waals surface area contributed by atoms with Crippen molar-refractivity contribution in [3.05, 3.63) is 24.5 Å². The summed E-state index contributed by atoms with van der Waals surface area (Å²) < 4.78 is 10.3. The van der Waals surface area contributed by atoms with Gasteiger partial charge in [-0.1, -0.05) is 12.1 Å². The van der Waals surface area contributed by atoms with E-state index < -0.39 is 0 Å². The summed E-state index contributed by atoms with van der Waals surface area (Å²) in [5.41, 5.74) is 0.855. The Morgan fingerprint density at radius 3 is 3.00 bits per heavy atom. The summed E-state index contributed by atoms with van der Waals surface area (Å²) in [6.45, 7) is 4.19. The highest BCUT2D eigenvalue weighted by molar-refractivity contribution is 5.51. The predicted octanol–water partition coefficient (Wildman–Crippen LogP) is 1.65. The van der Waals surface area contributed by atoms with Crippen molar-refractivity contribution in [2.75, 3.05) is 13.1 Å². The van der Waals surface area contributed by atoms with Gasteiger partial charge in [-0.05, 0) is 25.1 Å². The highest BCUT2D eigenvalue weighted by Gasteiger charge is 2.28. The van der Waals surface area contributed by atoms with Gasteiger partial charge < -0.3 is 14.3 Å². The van der Waals surface area contributed by atoms with Gasteiger partial charge in [0, 0.05) is 5.92 Å². The van der Waals surface area contributed by atoms with Gasteiger partial charge in [0.25, 0.3) is 0 Å². The zero-order chi connectivity index (χ0) is 11.0. The molecule has 0 saturated carbocycles. The summed E-state index contributed by atoms with van der Waals surface area (Å²) >= 11 is 0. The maximum Gasteiger partial charge on any atom is 0.230 e. The molecule has 0 spiro atoms. The largest absolute Gasteiger partial charge is 0.472 e. The lowest BCUT2D eigenvalue weighted by Gasteiger charge is -2.30. The van der Waals surface area contributed by atoms with E-state index in [0.29, 0.717) is 23.6 Å². The first-order chi connectivity index (χ1) is 7.84. The van der Waals surface area contributed by atoms with E-state index in [-0.39, 0.29) is 0 Å². The third kappa shape index (κ3) is 1.53. The van der Waals surface area contributed by atoms with Gasteiger partial charge in [-0.25, -0.2) is 0 Å². The molecule has 0 amide bonds. The van der Waals surface area contributed by atoms with Crippen LogP contribution in [0.3, 0.4) is 0 Å². The highest BCUT2D eigenvalue weighted by Crippen LogP contribution is 2.27. The molecule has 3 rings (SSSR count). The summed E-state index contributed by atoms with van der Waals surface area (Å²) in [5.74, 6) is 2.23. The molecular formula is C11H13N3O2. The Balaban J connectivity index is 1.82. The van der Waals surface area contributed by atoms with Crippen molar-refractivity contribution in [2.45, 2.75) is 12.8 Å². The van der Waals surface area contributed by atoms with Crippen molar-refractivity contribution in [2.24, 2.45) is 5.92 Å². The van der Waals surface area contributed by atoms with E-state index >= 15 is 0 Å². The van der Waals surface area contributed by atoms with E-state index in [9.17, 15) is 0 Å². The summed E-state index contributed by atoms with van der Waals surface area (Å²) in [6.07, 6.45) is 3.22. The van der Waals surface area contributed by atoms with E-state index in [1.54, 1.807) is 12.5 Å². The smallest absolute Gasteiger partial charge is 0.230 e. The molecule has 1 fully saturated rings. The van der Waals surface area contributed by atoms with E-state index in [2.05, 4.69) is 22.4 Å². The van der Waals surface area contributed by atoms with E-state index in [1.165, 1.54) is 0 Å². The van der Waals surface area contributed by atoms with Crippen molar-refractivity contribution >= 4 is 0 Å². The molecule has 1 N–H and O–H groups in total. The van der Waals surface area contributed by atoms with Crippen LogP contribution in [0.5, 0.6) is 0 Å². The third-order valence-corrected chi connectivity index (χ3v) is 3.13. The van der Waals surface area contributed by atoms with Gasteiger partial charge in [0.2, 0.25) is 11.7 Å². The fourth-order valence-electron chi connectivity index (χ4n) is 1.80. The standard InChI is InChI=1S/C11H13N3O2/c1-7(9-4-12-5-9)11-13-10(14-16-11)8-2-3-15-6-8/h2-3,6-7,9,12H,4-5H2,1H3. The molecule has 0 bridgehead atoms. The molecule has 3 heterocycles. The number of hydrogen-bond donors (Lipinski definition) is 1. The van der Waals surface area contributed by atoms with E-state index in [4.69, 9.17) is 8.94 Å². The molecule has 0 aromatic carbocycles. The molecule has 5 nitrogen and oxygen atoms in total. The van der Waals surface area contributed by atoms with Gasteiger partial charge in [-0.15, -0.1) is 0 Å². The van der Waals surface area contributed by atoms with Crippen molar-refractivity contribution in [3.8, 4) is 11.4 Å². The minimum atomic E-state index is 0.314. The SMILES string of the molecule is CC(c1nc(-c2ccoc2)no1)C1CNC1. The van der Waals surface area contributed by atoms with Crippen LogP contribution in [0.15, 0.2) is 27.5 Å². The predicted molar refractivity (Wildman–Crippen MR) is 56.8 cm³/mol. The number of nitrogens with one attached hydrogen (secondary N) is 1. The first-order valence-corrected chi connectivity index (χ1v) is 5.41. The van der Waals surface area contributed by atoms with Gasteiger partial charge in [-0.2, -0.15) is 4.98 Å². The van der Waals surface area contributed by atoms with Crippen molar-refractivity contribution in [1.82, 2.24) is 15.5 Å². The molecule has 1 atom stereocenters. The second kappa shape index (κ2) is 3.75. The number of hydrogen-bond acceptors (Lipinski definition) is 5. The monoisotopic (exact) mass is 219 g/mol. The second-order valence-electron chi connectivity index (χ2n) is 4.18. The molecule has 16 heavy (non-hydrogen) atoms. The van der Waals surface area contributed by atoms with Gasteiger partial charge in [0.05, 0.1) is 11.8 Å². The quantitative estimate of drug-likeness (QED) is 0.850. The Morgan fingerprint density at radius 2 is 2.38 bits per heavy atom. The lowest BCUT2D eigenvalue weighted by molar-refractivity contribution is 0.252. The Morgan fingerprint density at radius 1 is 1.50 bits per heavy atom. The van der Waals surface area contributed by atoms with Crippen molar-refractivity contribution < 1.29 is 8.94 Å². The van der Waals surface area contributed by atoms with Gasteiger partial charge in [0.15, 0.2) is 0 Å². The number of nitrogens with zero attached hydrogens (tertiary/aromatic N) is 2. The first-order valence-electron chi connectivity index (χ1n) is 5.41. The number of aromatic nitrogens is 2. The van der Waals surface area contributed by atoms with Crippen LogP contribution >= 0.6 is 0 Å². The third-order valence-electron chi connectivity index (χ3n) is 3.13. The molecule has 1 unspecified atom stereocenters. The molecule has 1 saturated heterocycles. The Kier molecular flexibility index (Phi) is 2.25. The summed E-state index contributed by atoms with van der Waals surface area (Å²) in [7, 11) is 0. The minimum absolute atomic E-state index is 0.314. The molecule has 2 aromatic heterocycles. The fraction of sp³-hybridized carbons (Fsp3) is 0.455. The van der Waals surface area contributed by atoms with Crippen LogP contribution in [-0.2, 0) is 0 Å². The minimum Gasteiger partial charge on any atom is -0.472 e. The Bertz CT molecular complexity index is 459. The van der Waals surface area contributed by atoms with E-state index in [0.717, 1.165) is 18.7 Å². The van der Waals surface area contributed by atoms with Gasteiger partial charge in [-0.3, -0.25) is 0 Å². The van der Waals surface area contributed by atoms with Crippen LogP contribution in [0.25, 0.3) is 11.4 Å². The van der Waals surface area contributed by atoms with E-state index in [1.807, 2.05) is 6.07 Å². The Hall–Kier alpha value is -1.62. The molecule has 0 aliphatic carbocycles. The van der Waals surface area contributed by atoms with Crippen LogP contribution in [-0.4, -0.2) is 23.2 Å². The average molecular weight is 219 g/mol. The average Bonchev–Trinajstić information content (AvgIpc) is 2.86. The number of rotatable bonds is 3. The number of furan rings is 1. The molecule has 5 heteroatoms. The molecule has 0 radical (unpaired) electrons. The van der Waals surface area contributed by atoms with Crippen LogP contribution < -0.4 is 5.32 Å². The van der Waals surface area contributed by atoms with Crippen LogP contribution in [0.4, 0.5) is 0 Å². The summed E-state index contributed by atoms with van der Waals surface area (Å²) in [5, 5.41) is 7.20. The summed E-state index contributed by atoms with van der Waals surface area (Å²) in [6, 6.07) is 1.82. The normalized spacial score (nSPS) is 18.3. The van der Waals surface area contributed by atoms with Crippen molar-refractivity contribution in [3.63, 3.8) is 0 Å². The zero-order valence-corrected chi connectivity index (χ0v) is 9.01. The maximum absolute atomic E-state index is 5.28. The highest BCUT2D eigenvalue weighted by atomic mass is 16.5. The molecule has 84 valence electrons. The Labute approximate surface area is 92.8 Å². The van der Waals surface area contributed by atoms with Crippen LogP contribution in [0.1, 0.15) is 18.7 Å². The summed E-state index contributed by atoms with van der Waals surface area (Å²) in [4.78, 5) is 4.39. The topological polar surface area (TPSA) is 64.1 Å².